The number of rotatable bonds is 4. The van der Waals surface area contributed by atoms with Gasteiger partial charge in [-0.15, -0.1) is 0 Å². The third-order valence-electron chi connectivity index (χ3n) is 4.37. The van der Waals surface area contributed by atoms with Gasteiger partial charge in [0.2, 0.25) is 5.89 Å². The zero-order valence-electron chi connectivity index (χ0n) is 17.1. The van der Waals surface area contributed by atoms with Crippen LogP contribution in [-0.4, -0.2) is 29.2 Å². The maximum Gasteiger partial charge on any atom is 0.332 e. The summed E-state index contributed by atoms with van der Waals surface area (Å²) in [5.74, 6) is 1.65. The molecule has 0 spiro atoms. The summed E-state index contributed by atoms with van der Waals surface area (Å²) in [4.78, 5) is 38.8. The molecule has 0 aliphatic heterocycles. The number of aromatic nitrogens is 6. The molecule has 3 aromatic heterocycles. The molecular formula is C18H24N6O3S. The van der Waals surface area contributed by atoms with Crippen molar-refractivity contribution in [2.45, 2.75) is 56.7 Å². The zero-order valence-corrected chi connectivity index (χ0v) is 17.9. The highest BCUT2D eigenvalue weighted by atomic mass is 32.2. The second-order valence-electron chi connectivity index (χ2n) is 7.67. The summed E-state index contributed by atoms with van der Waals surface area (Å²) in [7, 11) is 3.05. The van der Waals surface area contributed by atoms with Gasteiger partial charge >= 0.3 is 5.69 Å². The van der Waals surface area contributed by atoms with Crippen molar-refractivity contribution in [3.05, 3.63) is 38.4 Å². The molecule has 1 unspecified atom stereocenters. The monoisotopic (exact) mass is 404 g/mol. The summed E-state index contributed by atoms with van der Waals surface area (Å²) in [5, 5.41) is 4.51. The Hall–Kier alpha value is -2.49. The topological polar surface area (TPSA) is 109 Å². The number of aryl methyl sites for hydroxylation is 2. The molecule has 0 aliphatic rings. The minimum Gasteiger partial charge on any atom is -0.338 e. The number of thioether (sulfide) groups is 1. The van der Waals surface area contributed by atoms with E-state index in [-0.39, 0.29) is 10.7 Å². The van der Waals surface area contributed by atoms with E-state index in [2.05, 4.69) is 20.1 Å². The highest BCUT2D eigenvalue weighted by Crippen LogP contribution is 2.36. The highest BCUT2D eigenvalue weighted by molar-refractivity contribution is 7.99. The van der Waals surface area contributed by atoms with Gasteiger partial charge in [0.25, 0.3) is 5.56 Å². The lowest BCUT2D eigenvalue weighted by Gasteiger charge is -2.20. The first-order valence-electron chi connectivity index (χ1n) is 9.02. The van der Waals surface area contributed by atoms with E-state index in [0.29, 0.717) is 40.0 Å². The summed E-state index contributed by atoms with van der Waals surface area (Å²) in [6.45, 7) is 9.81. The van der Waals surface area contributed by atoms with E-state index in [0.717, 1.165) is 4.57 Å². The van der Waals surface area contributed by atoms with Crippen LogP contribution in [0.5, 0.6) is 0 Å². The zero-order chi connectivity index (χ0) is 20.8. The number of nitrogens with zero attached hydrogens (tertiary/aromatic N) is 6. The standard InChI is InChI=1S/C18H24N6O3S/c1-8-10-19-13(27-22-10)9(2)28-14-11-12(20-16(21-14)18(3,4)5)23(6)17(26)24(7)15(11)25/h9H,8H2,1-7H3. The van der Waals surface area contributed by atoms with Gasteiger partial charge in [0.15, 0.2) is 11.5 Å². The Bertz CT molecular complexity index is 1160. The first-order valence-corrected chi connectivity index (χ1v) is 9.90. The fraction of sp³-hybridized carbons (Fsp3) is 0.556. The molecule has 0 fully saturated rings. The molecule has 3 heterocycles. The van der Waals surface area contributed by atoms with Gasteiger partial charge in [-0.1, -0.05) is 44.6 Å². The predicted molar refractivity (Wildman–Crippen MR) is 107 cm³/mol. The lowest BCUT2D eigenvalue weighted by molar-refractivity contribution is 0.375. The summed E-state index contributed by atoms with van der Waals surface area (Å²) < 4.78 is 7.78. The van der Waals surface area contributed by atoms with E-state index in [1.807, 2.05) is 34.6 Å². The summed E-state index contributed by atoms with van der Waals surface area (Å²) in [6, 6.07) is 0. The molecule has 0 saturated carbocycles. The van der Waals surface area contributed by atoms with Crippen LogP contribution in [0.25, 0.3) is 11.0 Å². The Morgan fingerprint density at radius 2 is 1.79 bits per heavy atom. The van der Waals surface area contributed by atoms with Crippen molar-refractivity contribution < 1.29 is 4.52 Å². The number of hydrogen-bond acceptors (Lipinski definition) is 8. The van der Waals surface area contributed by atoms with Crippen LogP contribution in [0.1, 0.15) is 57.4 Å². The van der Waals surface area contributed by atoms with E-state index < -0.39 is 11.2 Å². The lowest BCUT2D eigenvalue weighted by atomic mass is 9.96. The van der Waals surface area contributed by atoms with Gasteiger partial charge in [0.1, 0.15) is 16.2 Å². The molecule has 1 atom stereocenters. The Balaban J connectivity index is 2.24. The second kappa shape index (κ2) is 7.16. The maximum absolute atomic E-state index is 12.9. The molecular weight excluding hydrogens is 380 g/mol. The van der Waals surface area contributed by atoms with Crippen LogP contribution in [0.15, 0.2) is 19.1 Å². The molecule has 0 saturated heterocycles. The Labute approximate surface area is 166 Å². The van der Waals surface area contributed by atoms with Crippen LogP contribution < -0.4 is 11.2 Å². The quantitative estimate of drug-likeness (QED) is 0.480. The number of hydrogen-bond donors (Lipinski definition) is 0. The largest absolute Gasteiger partial charge is 0.338 e. The summed E-state index contributed by atoms with van der Waals surface area (Å²) in [5.41, 5.74) is -0.885. The average Bonchev–Trinajstić information content (AvgIpc) is 3.12. The molecule has 0 radical (unpaired) electrons. The third-order valence-corrected chi connectivity index (χ3v) is 5.45. The van der Waals surface area contributed by atoms with Crippen LogP contribution >= 0.6 is 11.8 Å². The summed E-state index contributed by atoms with van der Waals surface area (Å²) in [6.07, 6.45) is 0.675. The van der Waals surface area contributed by atoms with Gasteiger partial charge in [0, 0.05) is 25.9 Å². The molecule has 0 aliphatic carbocycles. The molecule has 3 rings (SSSR count). The van der Waals surface area contributed by atoms with E-state index >= 15 is 0 Å². The van der Waals surface area contributed by atoms with E-state index in [4.69, 9.17) is 4.52 Å². The van der Waals surface area contributed by atoms with Gasteiger partial charge < -0.3 is 4.52 Å². The fourth-order valence-electron chi connectivity index (χ4n) is 2.64. The predicted octanol–water partition coefficient (Wildman–Crippen LogP) is 2.12. The molecule has 28 heavy (non-hydrogen) atoms. The third kappa shape index (κ3) is 3.48. The minimum atomic E-state index is -0.426. The van der Waals surface area contributed by atoms with Crippen LogP contribution in [0.3, 0.4) is 0 Å². The second-order valence-corrected chi connectivity index (χ2v) is 9.00. The molecule has 0 aromatic carbocycles. The normalized spacial score (nSPS) is 13.2. The molecule has 0 bridgehead atoms. The summed E-state index contributed by atoms with van der Waals surface area (Å²) >= 11 is 1.34. The van der Waals surface area contributed by atoms with Crippen molar-refractivity contribution in [1.29, 1.82) is 0 Å². The average molecular weight is 404 g/mol. The Morgan fingerprint density at radius 3 is 2.36 bits per heavy atom. The minimum absolute atomic E-state index is 0.222. The molecule has 10 heteroatoms. The molecule has 0 N–H and O–H groups in total. The van der Waals surface area contributed by atoms with Crippen LogP contribution in [0.2, 0.25) is 0 Å². The van der Waals surface area contributed by atoms with Gasteiger partial charge in [-0.05, 0) is 6.92 Å². The van der Waals surface area contributed by atoms with Crippen molar-refractivity contribution in [2.75, 3.05) is 0 Å². The van der Waals surface area contributed by atoms with Crippen LogP contribution in [-0.2, 0) is 25.9 Å². The molecule has 9 nitrogen and oxygen atoms in total. The van der Waals surface area contributed by atoms with Crippen LogP contribution in [0, 0.1) is 0 Å². The van der Waals surface area contributed by atoms with Gasteiger partial charge in [-0.3, -0.25) is 13.9 Å². The van der Waals surface area contributed by atoms with Gasteiger partial charge in [-0.25, -0.2) is 14.8 Å². The van der Waals surface area contributed by atoms with Crippen LogP contribution in [0.4, 0.5) is 0 Å². The lowest BCUT2D eigenvalue weighted by Crippen LogP contribution is -2.38. The Kier molecular flexibility index (Phi) is 5.18. The molecule has 3 aromatic rings. The number of fused-ring (bicyclic) bond motifs is 1. The highest BCUT2D eigenvalue weighted by Gasteiger charge is 2.26. The SMILES string of the molecule is CCc1noc(C(C)Sc2nc(C(C)(C)C)nc3c2c(=O)n(C)c(=O)n3C)n1. The first kappa shape index (κ1) is 20.2. The van der Waals surface area contributed by atoms with Crippen molar-refractivity contribution >= 4 is 22.8 Å². The van der Waals surface area contributed by atoms with Gasteiger partial charge in [-0.2, -0.15) is 4.98 Å². The smallest absolute Gasteiger partial charge is 0.332 e. The first-order chi connectivity index (χ1) is 13.0. The van der Waals surface area contributed by atoms with Crippen molar-refractivity contribution in [3.63, 3.8) is 0 Å². The van der Waals surface area contributed by atoms with Crippen molar-refractivity contribution in [1.82, 2.24) is 29.2 Å². The van der Waals surface area contributed by atoms with E-state index in [1.165, 1.54) is 23.4 Å². The molecule has 0 amide bonds. The molecule has 150 valence electrons. The Morgan fingerprint density at radius 1 is 1.11 bits per heavy atom. The van der Waals surface area contributed by atoms with E-state index in [1.54, 1.807) is 7.05 Å². The van der Waals surface area contributed by atoms with Crippen molar-refractivity contribution in [3.8, 4) is 0 Å². The van der Waals surface area contributed by atoms with Gasteiger partial charge in [0.05, 0.1) is 5.25 Å². The van der Waals surface area contributed by atoms with E-state index in [9.17, 15) is 9.59 Å². The fourth-order valence-corrected chi connectivity index (χ4v) is 3.61. The maximum atomic E-state index is 12.9. The van der Waals surface area contributed by atoms with Crippen molar-refractivity contribution in [2.24, 2.45) is 14.1 Å².